The Morgan fingerprint density at radius 1 is 1.14 bits per heavy atom. The lowest BCUT2D eigenvalue weighted by Gasteiger charge is -1.98. The van der Waals surface area contributed by atoms with Crippen molar-refractivity contribution in [1.82, 2.24) is 0 Å². The molecule has 0 N–H and O–H groups in total. The minimum absolute atomic E-state index is 0.421. The van der Waals surface area contributed by atoms with E-state index in [1.165, 1.54) is 0 Å². The summed E-state index contributed by atoms with van der Waals surface area (Å²) in [6, 6.07) is 8.54. The summed E-state index contributed by atoms with van der Waals surface area (Å²) in [6.45, 7) is 0. The summed E-state index contributed by atoms with van der Waals surface area (Å²) in [6.07, 6.45) is 1.91. The maximum Gasteiger partial charge on any atom is 0.336 e. The Morgan fingerprint density at radius 3 is 2.36 bits per heavy atom. The summed E-state index contributed by atoms with van der Waals surface area (Å²) in [4.78, 5) is 21.3. The Hall–Kier alpha value is -1.61. The molecule has 4 heteroatoms. The maximum absolute atomic E-state index is 11.0. The van der Waals surface area contributed by atoms with Gasteiger partial charge in [0.2, 0.25) is 5.24 Å². The van der Waals surface area contributed by atoms with Crippen molar-refractivity contribution in [2.75, 3.05) is 0 Å². The van der Waals surface area contributed by atoms with Gasteiger partial charge in [0.15, 0.2) is 0 Å². The van der Waals surface area contributed by atoms with Crippen LogP contribution in [-0.4, -0.2) is 11.2 Å². The average molecular weight is 211 g/mol. The van der Waals surface area contributed by atoms with Gasteiger partial charge in [0.05, 0.1) is 0 Å². The molecule has 0 amide bonds. The SMILES string of the molecule is O=C(Cl)/C=C/C(=O)Oc1ccccc1. The lowest BCUT2D eigenvalue weighted by molar-refractivity contribution is -0.129. The summed E-state index contributed by atoms with van der Waals surface area (Å²) >= 11 is 4.99. The molecule has 0 atom stereocenters. The second-order valence-electron chi connectivity index (χ2n) is 2.37. The zero-order valence-electron chi connectivity index (χ0n) is 7.14. The Bertz CT molecular complexity index is 357. The van der Waals surface area contributed by atoms with Gasteiger partial charge in [-0.25, -0.2) is 4.79 Å². The summed E-state index contributed by atoms with van der Waals surface area (Å²) in [5.41, 5.74) is 0. The van der Waals surface area contributed by atoms with Crippen molar-refractivity contribution in [1.29, 1.82) is 0 Å². The Labute approximate surface area is 85.9 Å². The third-order valence-corrected chi connectivity index (χ3v) is 1.44. The van der Waals surface area contributed by atoms with E-state index in [4.69, 9.17) is 16.3 Å². The number of carbonyl (C=O) groups is 2. The first-order valence-electron chi connectivity index (χ1n) is 3.83. The van der Waals surface area contributed by atoms with Crippen LogP contribution in [0.3, 0.4) is 0 Å². The molecule has 0 saturated carbocycles. The number of para-hydroxylation sites is 1. The van der Waals surface area contributed by atoms with E-state index in [0.717, 1.165) is 12.2 Å². The predicted molar refractivity (Wildman–Crippen MR) is 52.1 cm³/mol. The highest BCUT2D eigenvalue weighted by Gasteiger charge is 1.99. The van der Waals surface area contributed by atoms with Gasteiger partial charge in [0.25, 0.3) is 0 Å². The standard InChI is InChI=1S/C10H7ClO3/c11-9(12)6-7-10(13)14-8-4-2-1-3-5-8/h1-7H/b7-6+. The maximum atomic E-state index is 11.0. The number of hydrogen-bond acceptors (Lipinski definition) is 3. The first kappa shape index (κ1) is 10.5. The smallest absolute Gasteiger partial charge is 0.336 e. The molecule has 3 nitrogen and oxygen atoms in total. The van der Waals surface area contributed by atoms with Crippen molar-refractivity contribution in [2.24, 2.45) is 0 Å². The van der Waals surface area contributed by atoms with Crippen molar-refractivity contribution in [3.63, 3.8) is 0 Å². The summed E-state index contributed by atoms with van der Waals surface area (Å²) in [7, 11) is 0. The molecule has 0 bridgehead atoms. The third-order valence-electron chi connectivity index (χ3n) is 1.31. The molecule has 0 aliphatic heterocycles. The van der Waals surface area contributed by atoms with Crippen LogP contribution in [0.2, 0.25) is 0 Å². The largest absolute Gasteiger partial charge is 0.423 e. The summed E-state index contributed by atoms with van der Waals surface area (Å²) < 4.78 is 4.83. The molecular formula is C10H7ClO3. The van der Waals surface area contributed by atoms with Crippen molar-refractivity contribution in [3.8, 4) is 5.75 Å². The molecule has 0 aliphatic rings. The normalized spacial score (nSPS) is 10.1. The number of allylic oxidation sites excluding steroid dienone is 1. The van der Waals surface area contributed by atoms with Gasteiger partial charge in [-0.2, -0.15) is 0 Å². The fourth-order valence-corrected chi connectivity index (χ4v) is 0.835. The molecule has 0 spiro atoms. The number of carbonyl (C=O) groups excluding carboxylic acids is 2. The van der Waals surface area contributed by atoms with E-state index in [9.17, 15) is 9.59 Å². The second kappa shape index (κ2) is 5.19. The van der Waals surface area contributed by atoms with Crippen LogP contribution in [0.4, 0.5) is 0 Å². The van der Waals surface area contributed by atoms with Gasteiger partial charge in [0.1, 0.15) is 5.75 Å². The second-order valence-corrected chi connectivity index (χ2v) is 2.74. The number of hydrogen-bond donors (Lipinski definition) is 0. The fourth-order valence-electron chi connectivity index (χ4n) is 0.772. The first-order valence-corrected chi connectivity index (χ1v) is 4.20. The van der Waals surface area contributed by atoms with Gasteiger partial charge in [-0.15, -0.1) is 0 Å². The molecule has 1 aromatic rings. The monoisotopic (exact) mass is 210 g/mol. The lowest BCUT2D eigenvalue weighted by Crippen LogP contribution is -2.03. The summed E-state index contributed by atoms with van der Waals surface area (Å²) in [5.74, 6) is -0.214. The van der Waals surface area contributed by atoms with E-state index in [1.54, 1.807) is 30.3 Å². The minimum Gasteiger partial charge on any atom is -0.423 e. The molecule has 1 rings (SSSR count). The van der Waals surface area contributed by atoms with Crippen LogP contribution in [0.15, 0.2) is 42.5 Å². The molecular weight excluding hydrogens is 204 g/mol. The van der Waals surface area contributed by atoms with E-state index < -0.39 is 11.2 Å². The van der Waals surface area contributed by atoms with Gasteiger partial charge in [-0.05, 0) is 23.7 Å². The van der Waals surface area contributed by atoms with Crippen LogP contribution in [0.25, 0.3) is 0 Å². The number of benzene rings is 1. The molecule has 0 aliphatic carbocycles. The highest BCUT2D eigenvalue weighted by molar-refractivity contribution is 6.66. The quantitative estimate of drug-likeness (QED) is 0.331. The lowest BCUT2D eigenvalue weighted by atomic mass is 10.3. The van der Waals surface area contributed by atoms with Crippen LogP contribution < -0.4 is 4.74 Å². The van der Waals surface area contributed by atoms with E-state index in [2.05, 4.69) is 0 Å². The molecule has 0 unspecified atom stereocenters. The molecule has 0 fully saturated rings. The minimum atomic E-state index is -0.713. The van der Waals surface area contributed by atoms with E-state index in [-0.39, 0.29) is 0 Å². The Kier molecular flexibility index (Phi) is 3.88. The van der Waals surface area contributed by atoms with Crippen molar-refractivity contribution < 1.29 is 14.3 Å². The number of halogens is 1. The van der Waals surface area contributed by atoms with Crippen LogP contribution in [0.5, 0.6) is 5.75 Å². The Morgan fingerprint density at radius 2 is 1.79 bits per heavy atom. The van der Waals surface area contributed by atoms with Crippen LogP contribution >= 0.6 is 11.6 Å². The van der Waals surface area contributed by atoms with Crippen LogP contribution in [-0.2, 0) is 9.59 Å². The molecule has 72 valence electrons. The topological polar surface area (TPSA) is 43.4 Å². The highest BCUT2D eigenvalue weighted by atomic mass is 35.5. The molecule has 0 radical (unpaired) electrons. The molecule has 14 heavy (non-hydrogen) atoms. The van der Waals surface area contributed by atoms with E-state index in [0.29, 0.717) is 5.75 Å². The Balaban J connectivity index is 2.54. The highest BCUT2D eigenvalue weighted by Crippen LogP contribution is 2.08. The van der Waals surface area contributed by atoms with Gasteiger partial charge in [-0.1, -0.05) is 18.2 Å². The van der Waals surface area contributed by atoms with Crippen molar-refractivity contribution in [2.45, 2.75) is 0 Å². The van der Waals surface area contributed by atoms with E-state index >= 15 is 0 Å². The molecule has 0 heterocycles. The van der Waals surface area contributed by atoms with E-state index in [1.807, 2.05) is 0 Å². The number of esters is 1. The summed E-state index contributed by atoms with van der Waals surface area (Å²) in [5, 5.41) is -0.713. The molecule has 0 saturated heterocycles. The fraction of sp³-hybridized carbons (Fsp3) is 0. The third kappa shape index (κ3) is 3.87. The molecule has 0 aromatic heterocycles. The zero-order chi connectivity index (χ0) is 10.4. The first-order chi connectivity index (χ1) is 6.68. The number of rotatable bonds is 3. The zero-order valence-corrected chi connectivity index (χ0v) is 7.90. The van der Waals surface area contributed by atoms with Gasteiger partial charge in [-0.3, -0.25) is 4.79 Å². The van der Waals surface area contributed by atoms with Gasteiger partial charge in [0, 0.05) is 12.2 Å². The average Bonchev–Trinajstić information content (AvgIpc) is 2.16. The van der Waals surface area contributed by atoms with Crippen molar-refractivity contribution >= 4 is 22.8 Å². The molecule has 1 aromatic carbocycles. The number of ether oxygens (including phenoxy) is 1. The van der Waals surface area contributed by atoms with Crippen molar-refractivity contribution in [3.05, 3.63) is 42.5 Å². The van der Waals surface area contributed by atoms with Gasteiger partial charge < -0.3 is 4.74 Å². The predicted octanol–water partition coefficient (Wildman–Crippen LogP) is 1.91. The van der Waals surface area contributed by atoms with Crippen LogP contribution in [0, 0.1) is 0 Å². The van der Waals surface area contributed by atoms with Crippen LogP contribution in [0.1, 0.15) is 0 Å². The van der Waals surface area contributed by atoms with Gasteiger partial charge >= 0.3 is 5.97 Å².